The van der Waals surface area contributed by atoms with Crippen LogP contribution in [0.1, 0.15) is 91.0 Å². The number of rotatable bonds is 12. The fourth-order valence-electron chi connectivity index (χ4n) is 11.2. The van der Waals surface area contributed by atoms with Gasteiger partial charge in [-0.25, -0.2) is 0 Å². The second kappa shape index (κ2) is 12.7. The number of hydrogen-bond donors (Lipinski definition) is 2. The minimum absolute atomic E-state index is 0.291. The Kier molecular flexibility index (Phi) is 8.86. The maximum atomic E-state index is 9.81. The van der Waals surface area contributed by atoms with Crippen LogP contribution in [0.5, 0.6) is 0 Å². The standard InChI is InChI=1S/C38H61N7/c1-26(2)13-33-21-41-36(39)43(33)23-32-11-8-12-42(32)22-34(17-28-9-6-5-7-10-28)44-24-35(27(3)4)45(37(44)40)25-38-18-29-14-30(19-38)16-31(15-29)20-38/h5-7,9-10,26-27,29-35,40H,8,11-25H2,1-4H3,(H2,39,41)/t29?,30?,31?,32-,33+,34+,35-,38?/m0/s1. The van der Waals surface area contributed by atoms with Gasteiger partial charge in [-0.1, -0.05) is 58.0 Å². The van der Waals surface area contributed by atoms with E-state index in [0.29, 0.717) is 41.4 Å². The van der Waals surface area contributed by atoms with E-state index in [1.165, 1.54) is 56.9 Å². The molecule has 248 valence electrons. The zero-order chi connectivity index (χ0) is 31.3. The molecule has 4 bridgehead atoms. The number of likely N-dealkylation sites (tertiary alicyclic amines) is 1. The summed E-state index contributed by atoms with van der Waals surface area (Å²) in [7, 11) is 0. The van der Waals surface area contributed by atoms with Gasteiger partial charge in [0.05, 0.1) is 18.6 Å². The molecule has 2 saturated heterocycles. The Morgan fingerprint density at radius 1 is 0.956 bits per heavy atom. The van der Waals surface area contributed by atoms with Gasteiger partial charge in [0.15, 0.2) is 11.9 Å². The average Bonchev–Trinajstić information content (AvgIpc) is 3.66. The zero-order valence-corrected chi connectivity index (χ0v) is 28.7. The second-order valence-corrected chi connectivity index (χ2v) is 17.1. The Balaban J connectivity index is 1.10. The van der Waals surface area contributed by atoms with Crippen molar-refractivity contribution in [2.24, 2.45) is 45.7 Å². The first kappa shape index (κ1) is 31.3. The number of nitrogens with two attached hydrogens (primary N) is 1. The van der Waals surface area contributed by atoms with Gasteiger partial charge in [0.25, 0.3) is 0 Å². The van der Waals surface area contributed by atoms with Crippen molar-refractivity contribution in [3.8, 4) is 0 Å². The number of nitrogens with zero attached hydrogens (tertiary/aromatic N) is 5. The van der Waals surface area contributed by atoms with Crippen molar-refractivity contribution in [1.82, 2.24) is 19.6 Å². The SMILES string of the molecule is CC(C)C[C@@H]1CN=C(N)N1C[C@@H]1CCCN1C[C@@H](Cc1ccccc1)N1C[C@@H](C(C)C)N(CC23CC4CC(CC(C4)C2)C3)C1=N. The number of guanidine groups is 2. The lowest BCUT2D eigenvalue weighted by Gasteiger charge is -2.58. The molecule has 7 nitrogen and oxygen atoms in total. The Morgan fingerprint density at radius 2 is 1.64 bits per heavy atom. The predicted octanol–water partition coefficient (Wildman–Crippen LogP) is 5.90. The van der Waals surface area contributed by atoms with Crippen LogP contribution < -0.4 is 5.73 Å². The minimum Gasteiger partial charge on any atom is -0.370 e. The van der Waals surface area contributed by atoms with Gasteiger partial charge in [-0.3, -0.25) is 15.3 Å². The summed E-state index contributed by atoms with van der Waals surface area (Å²) in [4.78, 5) is 15.0. The van der Waals surface area contributed by atoms with Gasteiger partial charge in [0, 0.05) is 38.3 Å². The van der Waals surface area contributed by atoms with E-state index in [-0.39, 0.29) is 0 Å². The third kappa shape index (κ3) is 6.49. The highest BCUT2D eigenvalue weighted by atomic mass is 15.5. The van der Waals surface area contributed by atoms with Gasteiger partial charge in [-0.15, -0.1) is 0 Å². The minimum atomic E-state index is 0.291. The van der Waals surface area contributed by atoms with Crippen LogP contribution in [0.25, 0.3) is 0 Å². The highest BCUT2D eigenvalue weighted by Gasteiger charge is 2.53. The van der Waals surface area contributed by atoms with Crippen molar-refractivity contribution in [3.63, 3.8) is 0 Å². The summed E-state index contributed by atoms with van der Waals surface area (Å²) in [6.07, 6.45) is 13.3. The van der Waals surface area contributed by atoms with E-state index >= 15 is 0 Å². The van der Waals surface area contributed by atoms with E-state index in [1.54, 1.807) is 0 Å². The number of benzene rings is 1. The summed E-state index contributed by atoms with van der Waals surface area (Å²) in [6.45, 7) is 15.5. The molecule has 0 aromatic heterocycles. The van der Waals surface area contributed by atoms with Gasteiger partial charge in [0.1, 0.15) is 0 Å². The van der Waals surface area contributed by atoms with Crippen molar-refractivity contribution in [3.05, 3.63) is 35.9 Å². The number of nitrogens with one attached hydrogen (secondary N) is 1. The van der Waals surface area contributed by atoms with Gasteiger partial charge in [0.2, 0.25) is 0 Å². The van der Waals surface area contributed by atoms with Crippen LogP contribution in [0.3, 0.4) is 0 Å². The van der Waals surface area contributed by atoms with Crippen LogP contribution in [0.2, 0.25) is 0 Å². The molecule has 3 N–H and O–H groups in total. The van der Waals surface area contributed by atoms with Crippen LogP contribution in [-0.4, -0.2) is 95.0 Å². The Morgan fingerprint density at radius 3 is 2.29 bits per heavy atom. The van der Waals surface area contributed by atoms with E-state index in [1.807, 2.05) is 0 Å². The molecule has 0 radical (unpaired) electrons. The molecular weight excluding hydrogens is 554 g/mol. The monoisotopic (exact) mass is 615 g/mol. The van der Waals surface area contributed by atoms with Gasteiger partial charge in [-0.2, -0.15) is 0 Å². The quantitative estimate of drug-likeness (QED) is 0.306. The predicted molar refractivity (Wildman–Crippen MR) is 185 cm³/mol. The Labute approximate surface area is 273 Å². The van der Waals surface area contributed by atoms with Crippen LogP contribution in [0.4, 0.5) is 0 Å². The van der Waals surface area contributed by atoms with Gasteiger partial charge >= 0.3 is 0 Å². The summed E-state index contributed by atoms with van der Waals surface area (Å²) in [6, 6.07) is 12.7. The first-order valence-electron chi connectivity index (χ1n) is 18.6. The third-order valence-electron chi connectivity index (χ3n) is 12.8. The van der Waals surface area contributed by atoms with Crippen molar-refractivity contribution in [1.29, 1.82) is 5.41 Å². The van der Waals surface area contributed by atoms with Crippen molar-refractivity contribution >= 4 is 11.9 Å². The van der Waals surface area contributed by atoms with Gasteiger partial charge < -0.3 is 20.4 Å². The van der Waals surface area contributed by atoms with Crippen LogP contribution >= 0.6 is 0 Å². The molecule has 8 rings (SSSR count). The van der Waals surface area contributed by atoms with E-state index in [9.17, 15) is 5.41 Å². The molecule has 1 aromatic carbocycles. The van der Waals surface area contributed by atoms with Crippen LogP contribution in [-0.2, 0) is 6.42 Å². The molecule has 0 spiro atoms. The molecule has 0 unspecified atom stereocenters. The molecule has 45 heavy (non-hydrogen) atoms. The third-order valence-corrected chi connectivity index (χ3v) is 12.8. The number of hydrogen-bond acceptors (Lipinski definition) is 5. The summed E-state index contributed by atoms with van der Waals surface area (Å²) in [5.74, 6) is 5.60. The Hall–Kier alpha value is -2.28. The summed E-state index contributed by atoms with van der Waals surface area (Å²) >= 11 is 0. The first-order valence-corrected chi connectivity index (χ1v) is 18.6. The molecule has 7 heteroatoms. The van der Waals surface area contributed by atoms with E-state index < -0.39 is 0 Å². The maximum absolute atomic E-state index is 9.81. The molecular formula is C38H61N7. The van der Waals surface area contributed by atoms with Crippen LogP contribution in [0, 0.1) is 40.4 Å². The largest absolute Gasteiger partial charge is 0.370 e. The lowest BCUT2D eigenvalue weighted by atomic mass is 9.49. The molecule has 3 aliphatic heterocycles. The normalized spacial score (nSPS) is 35.5. The fourth-order valence-corrected chi connectivity index (χ4v) is 11.2. The average molecular weight is 616 g/mol. The van der Waals surface area contributed by atoms with E-state index in [0.717, 1.165) is 81.8 Å². The molecule has 4 aliphatic carbocycles. The second-order valence-electron chi connectivity index (χ2n) is 17.1. The topological polar surface area (TPSA) is 75.2 Å². The molecule has 0 amide bonds. The van der Waals surface area contributed by atoms with Crippen molar-refractivity contribution < 1.29 is 0 Å². The lowest BCUT2D eigenvalue weighted by Crippen LogP contribution is -2.54. The summed E-state index contributed by atoms with van der Waals surface area (Å²) < 4.78 is 0. The summed E-state index contributed by atoms with van der Waals surface area (Å²) in [5.41, 5.74) is 8.32. The highest BCUT2D eigenvalue weighted by molar-refractivity contribution is 5.80. The highest BCUT2D eigenvalue weighted by Crippen LogP contribution is 2.60. The van der Waals surface area contributed by atoms with Crippen molar-refractivity contribution in [2.45, 2.75) is 116 Å². The molecule has 4 saturated carbocycles. The molecule has 6 fully saturated rings. The smallest absolute Gasteiger partial charge is 0.194 e. The first-order chi connectivity index (χ1) is 21.7. The van der Waals surface area contributed by atoms with E-state index in [2.05, 4.69) is 82.6 Å². The van der Waals surface area contributed by atoms with E-state index in [4.69, 9.17) is 5.73 Å². The summed E-state index contributed by atoms with van der Waals surface area (Å²) in [5, 5.41) is 9.81. The Bertz CT molecular complexity index is 1170. The zero-order valence-electron chi connectivity index (χ0n) is 28.7. The van der Waals surface area contributed by atoms with Crippen LogP contribution in [0.15, 0.2) is 35.3 Å². The molecule has 7 aliphatic rings. The molecule has 1 aromatic rings. The fraction of sp³-hybridized carbons (Fsp3) is 0.789. The molecule has 4 atom stereocenters. The van der Waals surface area contributed by atoms with Gasteiger partial charge in [-0.05, 0) is 111 Å². The van der Waals surface area contributed by atoms with Crippen molar-refractivity contribution in [2.75, 3.05) is 39.3 Å². The maximum Gasteiger partial charge on any atom is 0.194 e. The lowest BCUT2D eigenvalue weighted by molar-refractivity contribution is -0.0648. The molecule has 3 heterocycles. The number of aliphatic imine (C=N–C) groups is 1.